The average Bonchev–Trinajstić information content (AvgIpc) is 2.56. The normalized spacial score (nSPS) is 10.9. The molecule has 0 aliphatic carbocycles. The summed E-state index contributed by atoms with van der Waals surface area (Å²) < 4.78 is 0.892. The summed E-state index contributed by atoms with van der Waals surface area (Å²) in [5.41, 5.74) is 1.13. The molecule has 0 atom stereocenters. The monoisotopic (exact) mass is 236 g/mol. The van der Waals surface area contributed by atoms with Crippen molar-refractivity contribution in [1.82, 2.24) is 4.98 Å². The standard InChI is InChI=1S/C11H12N2O2S/c1-6(2)12-11-13-8-4-3-7(10(14)15)5-9(8)16-11/h3-6H,1-2H3,(H,12,13)(H,14,15). The molecule has 0 amide bonds. The molecule has 2 N–H and O–H groups in total. The lowest BCUT2D eigenvalue weighted by molar-refractivity contribution is 0.0697. The fourth-order valence-electron chi connectivity index (χ4n) is 1.37. The zero-order valence-electron chi connectivity index (χ0n) is 9.02. The van der Waals surface area contributed by atoms with Crippen molar-refractivity contribution in [2.75, 3.05) is 5.32 Å². The molecule has 2 aromatic rings. The Morgan fingerprint density at radius 2 is 2.25 bits per heavy atom. The van der Waals surface area contributed by atoms with Crippen LogP contribution >= 0.6 is 11.3 Å². The number of carboxylic acid groups (broad SMARTS) is 1. The van der Waals surface area contributed by atoms with Gasteiger partial charge in [-0.3, -0.25) is 0 Å². The van der Waals surface area contributed by atoms with Crippen LogP contribution < -0.4 is 5.32 Å². The summed E-state index contributed by atoms with van der Waals surface area (Å²) in [4.78, 5) is 15.2. The van der Waals surface area contributed by atoms with E-state index in [1.165, 1.54) is 11.3 Å². The molecule has 0 spiro atoms. The van der Waals surface area contributed by atoms with E-state index in [0.29, 0.717) is 11.6 Å². The Morgan fingerprint density at radius 3 is 2.88 bits per heavy atom. The molecular formula is C11H12N2O2S. The van der Waals surface area contributed by atoms with Gasteiger partial charge in [0.2, 0.25) is 0 Å². The molecule has 84 valence electrons. The number of anilines is 1. The largest absolute Gasteiger partial charge is 0.478 e. The van der Waals surface area contributed by atoms with Gasteiger partial charge in [0, 0.05) is 6.04 Å². The maximum atomic E-state index is 10.8. The molecule has 0 bridgehead atoms. The summed E-state index contributed by atoms with van der Waals surface area (Å²) in [5, 5.41) is 12.9. The lowest BCUT2D eigenvalue weighted by Crippen LogP contribution is -2.08. The second-order valence-electron chi connectivity index (χ2n) is 3.81. The molecule has 0 saturated carbocycles. The highest BCUT2D eigenvalue weighted by molar-refractivity contribution is 7.22. The van der Waals surface area contributed by atoms with Gasteiger partial charge in [0.05, 0.1) is 15.8 Å². The molecular weight excluding hydrogens is 224 g/mol. The number of thiazole rings is 1. The minimum absolute atomic E-state index is 0.298. The van der Waals surface area contributed by atoms with Gasteiger partial charge in [-0.25, -0.2) is 9.78 Å². The first kappa shape index (κ1) is 10.9. The predicted octanol–water partition coefficient (Wildman–Crippen LogP) is 2.81. The van der Waals surface area contributed by atoms with E-state index >= 15 is 0 Å². The number of rotatable bonds is 3. The van der Waals surface area contributed by atoms with Gasteiger partial charge in [0.25, 0.3) is 0 Å². The Labute approximate surface area is 96.9 Å². The predicted molar refractivity (Wildman–Crippen MR) is 65.3 cm³/mol. The van der Waals surface area contributed by atoms with Crippen molar-refractivity contribution in [2.24, 2.45) is 0 Å². The number of hydrogen-bond donors (Lipinski definition) is 2. The molecule has 5 heteroatoms. The summed E-state index contributed by atoms with van der Waals surface area (Å²) >= 11 is 1.47. The van der Waals surface area contributed by atoms with Gasteiger partial charge in [0.15, 0.2) is 5.13 Å². The van der Waals surface area contributed by atoms with Crippen molar-refractivity contribution in [3.63, 3.8) is 0 Å². The summed E-state index contributed by atoms with van der Waals surface area (Å²) in [6.45, 7) is 4.07. The average molecular weight is 236 g/mol. The molecule has 1 heterocycles. The highest BCUT2D eigenvalue weighted by atomic mass is 32.1. The van der Waals surface area contributed by atoms with E-state index in [1.54, 1.807) is 18.2 Å². The van der Waals surface area contributed by atoms with Crippen molar-refractivity contribution in [1.29, 1.82) is 0 Å². The van der Waals surface area contributed by atoms with Gasteiger partial charge in [0.1, 0.15) is 0 Å². The van der Waals surface area contributed by atoms with Crippen molar-refractivity contribution in [3.05, 3.63) is 23.8 Å². The number of fused-ring (bicyclic) bond motifs is 1. The number of nitrogens with one attached hydrogen (secondary N) is 1. The van der Waals surface area contributed by atoms with Gasteiger partial charge in [-0.15, -0.1) is 0 Å². The third-order valence-corrected chi connectivity index (χ3v) is 3.00. The van der Waals surface area contributed by atoms with Crippen LogP contribution in [-0.4, -0.2) is 22.1 Å². The first-order valence-corrected chi connectivity index (χ1v) is 5.78. The zero-order chi connectivity index (χ0) is 11.7. The Morgan fingerprint density at radius 1 is 1.50 bits per heavy atom. The SMILES string of the molecule is CC(C)Nc1nc2ccc(C(=O)O)cc2s1. The minimum Gasteiger partial charge on any atom is -0.478 e. The van der Waals surface area contributed by atoms with E-state index in [2.05, 4.69) is 10.3 Å². The Bertz CT molecular complexity index is 534. The van der Waals surface area contributed by atoms with Crippen molar-refractivity contribution >= 4 is 32.7 Å². The quantitative estimate of drug-likeness (QED) is 0.860. The van der Waals surface area contributed by atoms with Gasteiger partial charge in [-0.1, -0.05) is 11.3 Å². The van der Waals surface area contributed by atoms with Crippen LogP contribution in [0.15, 0.2) is 18.2 Å². The second kappa shape index (κ2) is 4.09. The van der Waals surface area contributed by atoms with Crippen LogP contribution in [0, 0.1) is 0 Å². The number of aromatic carboxylic acids is 1. The van der Waals surface area contributed by atoms with E-state index in [1.807, 2.05) is 13.8 Å². The van der Waals surface area contributed by atoms with E-state index in [9.17, 15) is 4.79 Å². The van der Waals surface area contributed by atoms with Crippen LogP contribution in [0.2, 0.25) is 0 Å². The number of carbonyl (C=O) groups is 1. The van der Waals surface area contributed by atoms with Crippen LogP contribution in [0.25, 0.3) is 10.2 Å². The van der Waals surface area contributed by atoms with E-state index in [4.69, 9.17) is 5.11 Å². The molecule has 0 saturated heterocycles. The smallest absolute Gasteiger partial charge is 0.335 e. The van der Waals surface area contributed by atoms with Gasteiger partial charge in [-0.05, 0) is 32.0 Å². The summed E-state index contributed by atoms with van der Waals surface area (Å²) in [6, 6.07) is 5.28. The summed E-state index contributed by atoms with van der Waals surface area (Å²) in [6.07, 6.45) is 0. The number of benzene rings is 1. The molecule has 0 aliphatic heterocycles. The van der Waals surface area contributed by atoms with Gasteiger partial charge in [-0.2, -0.15) is 0 Å². The van der Waals surface area contributed by atoms with Gasteiger partial charge < -0.3 is 10.4 Å². The van der Waals surface area contributed by atoms with Crippen molar-refractivity contribution < 1.29 is 9.90 Å². The zero-order valence-corrected chi connectivity index (χ0v) is 9.84. The van der Waals surface area contributed by atoms with Crippen LogP contribution in [0.3, 0.4) is 0 Å². The molecule has 16 heavy (non-hydrogen) atoms. The molecule has 1 aromatic carbocycles. The van der Waals surface area contributed by atoms with Crippen molar-refractivity contribution in [3.8, 4) is 0 Å². The Hall–Kier alpha value is -1.62. The number of aromatic nitrogens is 1. The molecule has 0 aliphatic rings. The molecule has 4 nitrogen and oxygen atoms in total. The molecule has 2 rings (SSSR count). The maximum absolute atomic E-state index is 10.8. The van der Waals surface area contributed by atoms with Crippen molar-refractivity contribution in [2.45, 2.75) is 19.9 Å². The molecule has 0 unspecified atom stereocenters. The summed E-state index contributed by atoms with van der Waals surface area (Å²) in [5.74, 6) is -0.909. The molecule has 1 aromatic heterocycles. The second-order valence-corrected chi connectivity index (χ2v) is 4.84. The first-order valence-electron chi connectivity index (χ1n) is 4.96. The summed E-state index contributed by atoms with van der Waals surface area (Å²) in [7, 11) is 0. The Kier molecular flexibility index (Phi) is 2.78. The number of hydrogen-bond acceptors (Lipinski definition) is 4. The maximum Gasteiger partial charge on any atom is 0.335 e. The van der Waals surface area contributed by atoms with E-state index in [0.717, 1.165) is 15.3 Å². The van der Waals surface area contributed by atoms with Crippen LogP contribution in [0.1, 0.15) is 24.2 Å². The topological polar surface area (TPSA) is 62.2 Å². The third kappa shape index (κ3) is 2.14. The van der Waals surface area contributed by atoms with E-state index in [-0.39, 0.29) is 0 Å². The number of carboxylic acids is 1. The first-order chi connectivity index (χ1) is 7.56. The van der Waals surface area contributed by atoms with E-state index < -0.39 is 5.97 Å². The highest BCUT2D eigenvalue weighted by Crippen LogP contribution is 2.27. The lowest BCUT2D eigenvalue weighted by Gasteiger charge is -2.03. The fraction of sp³-hybridized carbons (Fsp3) is 0.273. The minimum atomic E-state index is -0.909. The third-order valence-electron chi connectivity index (χ3n) is 2.05. The van der Waals surface area contributed by atoms with Gasteiger partial charge >= 0.3 is 5.97 Å². The Balaban J connectivity index is 2.42. The van der Waals surface area contributed by atoms with Crippen LogP contribution in [0.5, 0.6) is 0 Å². The molecule has 0 radical (unpaired) electrons. The van der Waals surface area contributed by atoms with Crippen LogP contribution in [-0.2, 0) is 0 Å². The fourth-order valence-corrected chi connectivity index (χ4v) is 2.42. The van der Waals surface area contributed by atoms with Crippen LogP contribution in [0.4, 0.5) is 5.13 Å². The number of nitrogens with zero attached hydrogens (tertiary/aromatic N) is 1. The highest BCUT2D eigenvalue weighted by Gasteiger charge is 2.08. The lowest BCUT2D eigenvalue weighted by atomic mass is 10.2. The molecule has 0 fully saturated rings.